The Bertz CT molecular complexity index is 1010. The third-order valence-electron chi connectivity index (χ3n) is 5.03. The predicted octanol–water partition coefficient (Wildman–Crippen LogP) is 2.82. The van der Waals surface area contributed by atoms with Gasteiger partial charge in [0.1, 0.15) is 11.4 Å². The molecule has 27 heavy (non-hydrogen) atoms. The van der Waals surface area contributed by atoms with Crippen LogP contribution in [0.15, 0.2) is 42.6 Å². The number of likely N-dealkylation sites (tertiary alicyclic amines) is 1. The number of aromatic nitrogens is 2. The second-order valence-electron chi connectivity index (χ2n) is 7.15. The number of hydrogen-bond acceptors (Lipinski definition) is 3. The summed E-state index contributed by atoms with van der Waals surface area (Å²) in [5.41, 5.74) is 4.26. The van der Waals surface area contributed by atoms with Crippen LogP contribution in [-0.2, 0) is 0 Å². The van der Waals surface area contributed by atoms with Crippen LogP contribution in [0, 0.1) is 13.8 Å². The van der Waals surface area contributed by atoms with E-state index in [4.69, 9.17) is 0 Å². The Labute approximate surface area is 157 Å². The second kappa shape index (κ2) is 6.87. The van der Waals surface area contributed by atoms with Crippen molar-refractivity contribution >= 4 is 22.7 Å². The van der Waals surface area contributed by atoms with Crippen molar-refractivity contribution in [2.24, 2.45) is 0 Å². The van der Waals surface area contributed by atoms with E-state index >= 15 is 0 Å². The Hall–Kier alpha value is -3.15. The maximum Gasteiger partial charge on any atom is 0.272 e. The van der Waals surface area contributed by atoms with Gasteiger partial charge < -0.3 is 15.2 Å². The van der Waals surface area contributed by atoms with Crippen LogP contribution in [0.4, 0.5) is 0 Å². The van der Waals surface area contributed by atoms with Gasteiger partial charge in [-0.15, -0.1) is 0 Å². The smallest absolute Gasteiger partial charge is 0.272 e. The topological polar surface area (TPSA) is 78.1 Å². The number of carbonyl (C=O) groups excluding carboxylic acids is 2. The molecule has 1 aliphatic heterocycles. The van der Waals surface area contributed by atoms with Gasteiger partial charge in [0.15, 0.2) is 0 Å². The summed E-state index contributed by atoms with van der Waals surface area (Å²) in [7, 11) is 0. The number of amides is 2. The maximum absolute atomic E-state index is 12.7. The van der Waals surface area contributed by atoms with Crippen molar-refractivity contribution < 1.29 is 9.59 Å². The molecular formula is C21H22N4O2. The highest BCUT2D eigenvalue weighted by Gasteiger charge is 2.29. The molecule has 3 heterocycles. The Morgan fingerprint density at radius 3 is 2.85 bits per heavy atom. The number of pyridine rings is 1. The average molecular weight is 362 g/mol. The molecule has 0 aliphatic carbocycles. The van der Waals surface area contributed by atoms with Crippen LogP contribution in [-0.4, -0.2) is 45.8 Å². The van der Waals surface area contributed by atoms with Crippen LogP contribution in [0.2, 0.25) is 0 Å². The zero-order valence-corrected chi connectivity index (χ0v) is 15.5. The van der Waals surface area contributed by atoms with Gasteiger partial charge in [-0.05, 0) is 55.7 Å². The fraction of sp³-hybridized carbons (Fsp3) is 0.286. The molecule has 138 valence electrons. The quantitative estimate of drug-likeness (QED) is 0.752. The molecular weight excluding hydrogens is 340 g/mol. The Balaban J connectivity index is 1.43. The Morgan fingerprint density at radius 2 is 2.07 bits per heavy atom. The molecule has 2 aromatic heterocycles. The normalized spacial score (nSPS) is 16.7. The van der Waals surface area contributed by atoms with E-state index in [1.807, 2.05) is 26.0 Å². The lowest BCUT2D eigenvalue weighted by atomic mass is 10.1. The number of nitrogens with one attached hydrogen (secondary N) is 2. The molecule has 0 bridgehead atoms. The third kappa shape index (κ3) is 3.43. The van der Waals surface area contributed by atoms with Gasteiger partial charge in [0.25, 0.3) is 11.8 Å². The molecule has 0 unspecified atom stereocenters. The van der Waals surface area contributed by atoms with Crippen LogP contribution in [0.3, 0.4) is 0 Å². The molecule has 6 nitrogen and oxygen atoms in total. The van der Waals surface area contributed by atoms with Crippen molar-refractivity contribution in [2.45, 2.75) is 26.3 Å². The first-order chi connectivity index (χ1) is 13.0. The van der Waals surface area contributed by atoms with E-state index in [0.29, 0.717) is 24.5 Å². The number of carbonyl (C=O) groups is 2. The van der Waals surface area contributed by atoms with Crippen LogP contribution < -0.4 is 5.32 Å². The van der Waals surface area contributed by atoms with E-state index in [9.17, 15) is 9.59 Å². The molecule has 1 fully saturated rings. The number of fused-ring (bicyclic) bond motifs is 1. The highest BCUT2D eigenvalue weighted by Crippen LogP contribution is 2.22. The molecule has 4 rings (SSSR count). The zero-order valence-electron chi connectivity index (χ0n) is 15.5. The van der Waals surface area contributed by atoms with E-state index in [-0.39, 0.29) is 17.9 Å². The lowest BCUT2D eigenvalue weighted by Gasteiger charge is -2.16. The van der Waals surface area contributed by atoms with E-state index in [1.165, 1.54) is 0 Å². The van der Waals surface area contributed by atoms with Gasteiger partial charge >= 0.3 is 0 Å². The van der Waals surface area contributed by atoms with Crippen LogP contribution in [0.25, 0.3) is 10.9 Å². The monoisotopic (exact) mass is 362 g/mol. The fourth-order valence-electron chi connectivity index (χ4n) is 3.70. The number of benzene rings is 1. The summed E-state index contributed by atoms with van der Waals surface area (Å²) in [6.07, 6.45) is 2.35. The molecule has 0 radical (unpaired) electrons. The summed E-state index contributed by atoms with van der Waals surface area (Å²) < 4.78 is 0. The summed E-state index contributed by atoms with van der Waals surface area (Å²) in [5, 5.41) is 4.10. The summed E-state index contributed by atoms with van der Waals surface area (Å²) in [6, 6.07) is 11.3. The van der Waals surface area contributed by atoms with Gasteiger partial charge in [-0.25, -0.2) is 0 Å². The molecule has 2 amide bonds. The minimum atomic E-state index is -0.139. The van der Waals surface area contributed by atoms with Crippen molar-refractivity contribution in [1.29, 1.82) is 0 Å². The van der Waals surface area contributed by atoms with Crippen LogP contribution in [0.5, 0.6) is 0 Å². The molecule has 1 atom stereocenters. The van der Waals surface area contributed by atoms with Crippen molar-refractivity contribution in [2.75, 3.05) is 13.1 Å². The number of rotatable bonds is 3. The fourth-order valence-corrected chi connectivity index (χ4v) is 3.70. The molecule has 1 saturated heterocycles. The highest BCUT2D eigenvalue weighted by molar-refractivity contribution is 5.99. The SMILES string of the molecule is Cc1cc(C)c2cc(C(=O)N[C@@H]3CCN(C(=O)c4ccccn4)C3)[nH]c2c1. The van der Waals surface area contributed by atoms with Gasteiger partial charge in [0.05, 0.1) is 0 Å². The molecule has 2 N–H and O–H groups in total. The molecule has 1 aliphatic rings. The standard InChI is InChI=1S/C21H22N4O2/c1-13-9-14(2)16-11-19(24-18(16)10-13)20(26)23-15-6-8-25(12-15)21(27)17-5-3-4-7-22-17/h3-5,7,9-11,15,24H,6,8,12H2,1-2H3,(H,23,26)/t15-/m1/s1. The summed E-state index contributed by atoms with van der Waals surface area (Å²) in [4.78, 5) is 34.2. The van der Waals surface area contributed by atoms with E-state index in [0.717, 1.165) is 28.5 Å². The number of nitrogens with zero attached hydrogens (tertiary/aromatic N) is 2. The lowest BCUT2D eigenvalue weighted by Crippen LogP contribution is -2.38. The zero-order chi connectivity index (χ0) is 19.0. The lowest BCUT2D eigenvalue weighted by molar-refractivity contribution is 0.0777. The Kier molecular flexibility index (Phi) is 4.39. The largest absolute Gasteiger partial charge is 0.351 e. The number of H-pyrrole nitrogens is 1. The summed E-state index contributed by atoms with van der Waals surface area (Å²) in [6.45, 7) is 5.20. The minimum absolute atomic E-state index is 0.0561. The molecule has 1 aromatic carbocycles. The van der Waals surface area contributed by atoms with Crippen molar-refractivity contribution in [3.8, 4) is 0 Å². The molecule has 3 aromatic rings. The van der Waals surface area contributed by atoms with Gasteiger partial charge in [0, 0.05) is 36.2 Å². The highest BCUT2D eigenvalue weighted by atomic mass is 16.2. The molecule has 0 saturated carbocycles. The maximum atomic E-state index is 12.7. The average Bonchev–Trinajstić information content (AvgIpc) is 3.29. The van der Waals surface area contributed by atoms with Gasteiger partial charge in [-0.2, -0.15) is 0 Å². The van der Waals surface area contributed by atoms with Crippen molar-refractivity contribution in [3.63, 3.8) is 0 Å². The third-order valence-corrected chi connectivity index (χ3v) is 5.03. The minimum Gasteiger partial charge on any atom is -0.351 e. The van der Waals surface area contributed by atoms with Crippen LogP contribution in [0.1, 0.15) is 38.5 Å². The van der Waals surface area contributed by atoms with Gasteiger partial charge in [0.2, 0.25) is 0 Å². The van der Waals surface area contributed by atoms with E-state index < -0.39 is 0 Å². The first kappa shape index (κ1) is 17.3. The summed E-state index contributed by atoms with van der Waals surface area (Å²) in [5.74, 6) is -0.232. The van der Waals surface area contributed by atoms with Crippen LogP contribution >= 0.6 is 0 Å². The predicted molar refractivity (Wildman–Crippen MR) is 104 cm³/mol. The number of aryl methyl sites for hydroxylation is 2. The van der Waals surface area contributed by atoms with Crippen molar-refractivity contribution in [1.82, 2.24) is 20.2 Å². The van der Waals surface area contributed by atoms with E-state index in [1.54, 1.807) is 29.3 Å². The molecule has 0 spiro atoms. The van der Waals surface area contributed by atoms with E-state index in [2.05, 4.69) is 21.4 Å². The van der Waals surface area contributed by atoms with Gasteiger partial charge in [-0.3, -0.25) is 14.6 Å². The summed E-state index contributed by atoms with van der Waals surface area (Å²) >= 11 is 0. The van der Waals surface area contributed by atoms with Gasteiger partial charge in [-0.1, -0.05) is 12.1 Å². The first-order valence-corrected chi connectivity index (χ1v) is 9.12. The number of hydrogen-bond donors (Lipinski definition) is 2. The first-order valence-electron chi connectivity index (χ1n) is 9.12. The second-order valence-corrected chi connectivity index (χ2v) is 7.15. The van der Waals surface area contributed by atoms with Crippen molar-refractivity contribution in [3.05, 3.63) is 65.1 Å². The Morgan fingerprint density at radius 1 is 1.22 bits per heavy atom. The number of aromatic amines is 1. The molecule has 6 heteroatoms.